The summed E-state index contributed by atoms with van der Waals surface area (Å²) in [5, 5.41) is 7.92. The lowest BCUT2D eigenvalue weighted by Crippen LogP contribution is -2.44. The first-order valence-electron chi connectivity index (χ1n) is 8.16. The van der Waals surface area contributed by atoms with Crippen molar-refractivity contribution >= 4 is 47.4 Å². The number of nitrogens with one attached hydrogen (secondary N) is 2. The Kier molecular flexibility index (Phi) is 7.58. The second-order valence-corrected chi connectivity index (χ2v) is 6.70. The molecular formula is C17H22Cl3N5O. The van der Waals surface area contributed by atoms with Crippen molar-refractivity contribution in [1.82, 2.24) is 15.3 Å². The Morgan fingerprint density at radius 2 is 2.00 bits per heavy atom. The molecule has 0 amide bonds. The number of halogens is 3. The molecule has 1 saturated heterocycles. The van der Waals surface area contributed by atoms with E-state index < -0.39 is 0 Å². The van der Waals surface area contributed by atoms with E-state index in [1.54, 1.807) is 19.4 Å². The van der Waals surface area contributed by atoms with Crippen molar-refractivity contribution in [2.24, 2.45) is 0 Å². The average Bonchev–Trinajstić information content (AvgIpc) is 2.62. The highest BCUT2D eigenvalue weighted by atomic mass is 35.5. The molecule has 0 unspecified atom stereocenters. The summed E-state index contributed by atoms with van der Waals surface area (Å²) in [7, 11) is 1.61. The third-order valence-corrected chi connectivity index (χ3v) is 4.71. The minimum atomic E-state index is -0.0653. The number of piperazine rings is 1. The van der Waals surface area contributed by atoms with Crippen molar-refractivity contribution in [1.29, 1.82) is 0 Å². The van der Waals surface area contributed by atoms with Gasteiger partial charge in [-0.05, 0) is 24.6 Å². The molecule has 0 aliphatic carbocycles. The molecule has 1 atom stereocenters. The van der Waals surface area contributed by atoms with E-state index in [9.17, 15) is 0 Å². The van der Waals surface area contributed by atoms with E-state index in [1.165, 1.54) is 0 Å². The standard InChI is InChI=1S/C17H21Cl2N5O.ClH/c1-11(13-4-3-12(18)9-14(13)19)22-16-15(25-2)10-21-17(23-16)24-7-5-20-6-8-24;/h3-4,9-11,20H,5-8H2,1-2H3,(H,21,22,23);1H/t11-;/m1./s1. The molecule has 2 aromatic rings. The normalized spacial score (nSPS) is 15.2. The summed E-state index contributed by atoms with van der Waals surface area (Å²) in [6, 6.07) is 5.40. The zero-order valence-electron chi connectivity index (χ0n) is 14.6. The minimum Gasteiger partial charge on any atom is -0.491 e. The van der Waals surface area contributed by atoms with Crippen molar-refractivity contribution in [3.05, 3.63) is 40.0 Å². The van der Waals surface area contributed by atoms with E-state index in [0.717, 1.165) is 31.7 Å². The second kappa shape index (κ2) is 9.46. The quantitative estimate of drug-likeness (QED) is 0.770. The maximum atomic E-state index is 6.31. The predicted molar refractivity (Wildman–Crippen MR) is 109 cm³/mol. The fraction of sp³-hybridized carbons (Fsp3) is 0.412. The lowest BCUT2D eigenvalue weighted by Gasteiger charge is -2.28. The molecule has 2 N–H and O–H groups in total. The van der Waals surface area contributed by atoms with Gasteiger partial charge in [-0.25, -0.2) is 4.98 Å². The van der Waals surface area contributed by atoms with E-state index in [-0.39, 0.29) is 18.4 Å². The fourth-order valence-electron chi connectivity index (χ4n) is 2.77. The fourth-order valence-corrected chi connectivity index (χ4v) is 3.34. The van der Waals surface area contributed by atoms with E-state index in [1.807, 2.05) is 19.1 Å². The molecule has 1 aliphatic heterocycles. The molecule has 1 aromatic carbocycles. The Bertz CT molecular complexity index is 740. The van der Waals surface area contributed by atoms with Crippen molar-refractivity contribution < 1.29 is 4.74 Å². The molecule has 26 heavy (non-hydrogen) atoms. The van der Waals surface area contributed by atoms with E-state index >= 15 is 0 Å². The van der Waals surface area contributed by atoms with Crippen LogP contribution in [-0.4, -0.2) is 43.3 Å². The van der Waals surface area contributed by atoms with Gasteiger partial charge in [-0.15, -0.1) is 12.4 Å². The third kappa shape index (κ3) is 4.82. The van der Waals surface area contributed by atoms with Crippen LogP contribution >= 0.6 is 35.6 Å². The lowest BCUT2D eigenvalue weighted by molar-refractivity contribution is 0.412. The Labute approximate surface area is 169 Å². The number of hydrogen-bond donors (Lipinski definition) is 2. The molecule has 1 aliphatic rings. The SMILES string of the molecule is COc1cnc(N2CCNCC2)nc1N[C@H](C)c1ccc(Cl)cc1Cl.Cl. The Hall–Kier alpha value is -1.47. The molecule has 0 bridgehead atoms. The van der Waals surface area contributed by atoms with Crippen molar-refractivity contribution in [2.75, 3.05) is 43.5 Å². The van der Waals surface area contributed by atoms with Gasteiger partial charge < -0.3 is 20.3 Å². The van der Waals surface area contributed by atoms with Gasteiger partial charge in [0.15, 0.2) is 11.6 Å². The Balaban J connectivity index is 0.00000243. The number of hydrogen-bond acceptors (Lipinski definition) is 6. The molecule has 3 rings (SSSR count). The van der Waals surface area contributed by atoms with Crippen LogP contribution in [0.1, 0.15) is 18.5 Å². The molecule has 0 spiro atoms. The van der Waals surface area contributed by atoms with Gasteiger partial charge in [0.25, 0.3) is 0 Å². The third-order valence-electron chi connectivity index (χ3n) is 4.14. The second-order valence-electron chi connectivity index (χ2n) is 5.86. The first-order valence-corrected chi connectivity index (χ1v) is 8.92. The molecule has 9 heteroatoms. The van der Waals surface area contributed by atoms with Crippen molar-refractivity contribution in [3.8, 4) is 5.75 Å². The molecule has 142 valence electrons. The summed E-state index contributed by atoms with van der Waals surface area (Å²) >= 11 is 12.3. The van der Waals surface area contributed by atoms with Gasteiger partial charge in [0.2, 0.25) is 5.95 Å². The molecular weight excluding hydrogens is 397 g/mol. The first kappa shape index (κ1) is 20.8. The predicted octanol–water partition coefficient (Wildman–Crippen LogP) is 3.80. The highest BCUT2D eigenvalue weighted by Gasteiger charge is 2.18. The maximum Gasteiger partial charge on any atom is 0.227 e. The summed E-state index contributed by atoms with van der Waals surface area (Å²) in [4.78, 5) is 11.2. The number of methoxy groups -OCH3 is 1. The van der Waals surface area contributed by atoms with Crippen LogP contribution in [-0.2, 0) is 0 Å². The van der Waals surface area contributed by atoms with Gasteiger partial charge in [0.05, 0.1) is 19.3 Å². The molecule has 0 radical (unpaired) electrons. The summed E-state index contributed by atoms with van der Waals surface area (Å²) < 4.78 is 5.40. The zero-order valence-corrected chi connectivity index (χ0v) is 17.0. The van der Waals surface area contributed by atoms with Gasteiger partial charge in [-0.2, -0.15) is 4.98 Å². The Morgan fingerprint density at radius 1 is 1.27 bits per heavy atom. The van der Waals surface area contributed by atoms with Crippen LogP contribution in [0.15, 0.2) is 24.4 Å². The van der Waals surface area contributed by atoms with Crippen molar-refractivity contribution in [2.45, 2.75) is 13.0 Å². The summed E-state index contributed by atoms with van der Waals surface area (Å²) in [6.45, 7) is 5.62. The minimum absolute atomic E-state index is 0. The maximum absolute atomic E-state index is 6.31. The van der Waals surface area contributed by atoms with Crippen LogP contribution in [0, 0.1) is 0 Å². The smallest absolute Gasteiger partial charge is 0.227 e. The average molecular weight is 419 g/mol. The number of rotatable bonds is 5. The van der Waals surface area contributed by atoms with Crippen LogP contribution in [0.3, 0.4) is 0 Å². The largest absolute Gasteiger partial charge is 0.491 e. The van der Waals surface area contributed by atoms with Crippen LogP contribution in [0.25, 0.3) is 0 Å². The molecule has 1 aromatic heterocycles. The van der Waals surface area contributed by atoms with E-state index in [4.69, 9.17) is 27.9 Å². The highest BCUT2D eigenvalue weighted by Crippen LogP contribution is 2.31. The van der Waals surface area contributed by atoms with Crippen LogP contribution < -0.4 is 20.3 Å². The van der Waals surface area contributed by atoms with Gasteiger partial charge in [-0.1, -0.05) is 29.3 Å². The summed E-state index contributed by atoms with van der Waals surface area (Å²) in [5.41, 5.74) is 0.940. The monoisotopic (exact) mass is 417 g/mol. The number of anilines is 2. The number of nitrogens with zero attached hydrogens (tertiary/aromatic N) is 3. The number of benzene rings is 1. The highest BCUT2D eigenvalue weighted by molar-refractivity contribution is 6.35. The van der Waals surface area contributed by atoms with E-state index in [0.29, 0.717) is 27.6 Å². The molecule has 2 heterocycles. The van der Waals surface area contributed by atoms with E-state index in [2.05, 4.69) is 25.5 Å². The van der Waals surface area contributed by atoms with Crippen LogP contribution in [0.4, 0.5) is 11.8 Å². The number of aromatic nitrogens is 2. The molecule has 1 fully saturated rings. The summed E-state index contributed by atoms with van der Waals surface area (Å²) in [6.07, 6.45) is 1.70. The van der Waals surface area contributed by atoms with Gasteiger partial charge in [0.1, 0.15) is 0 Å². The van der Waals surface area contributed by atoms with Gasteiger partial charge in [0, 0.05) is 36.2 Å². The van der Waals surface area contributed by atoms with Gasteiger partial charge >= 0.3 is 0 Å². The number of ether oxygens (including phenoxy) is 1. The van der Waals surface area contributed by atoms with Crippen LogP contribution in [0.2, 0.25) is 10.0 Å². The first-order chi connectivity index (χ1) is 12.1. The molecule has 0 saturated carbocycles. The zero-order chi connectivity index (χ0) is 17.8. The van der Waals surface area contributed by atoms with Crippen LogP contribution in [0.5, 0.6) is 5.75 Å². The Morgan fingerprint density at radius 3 is 2.65 bits per heavy atom. The lowest BCUT2D eigenvalue weighted by atomic mass is 10.1. The van der Waals surface area contributed by atoms with Gasteiger partial charge in [-0.3, -0.25) is 0 Å². The topological polar surface area (TPSA) is 62.3 Å². The molecule has 6 nitrogen and oxygen atoms in total. The van der Waals surface area contributed by atoms with Crippen molar-refractivity contribution in [3.63, 3.8) is 0 Å². The summed E-state index contributed by atoms with van der Waals surface area (Å²) in [5.74, 6) is 1.93.